The van der Waals surface area contributed by atoms with E-state index in [0.29, 0.717) is 29.6 Å². The molecule has 7 heteroatoms. The number of benzene rings is 1. The summed E-state index contributed by atoms with van der Waals surface area (Å²) in [5.74, 6) is 1.38. The lowest BCUT2D eigenvalue weighted by Crippen LogP contribution is -2.26. The zero-order valence-corrected chi connectivity index (χ0v) is 11.6. The van der Waals surface area contributed by atoms with Crippen molar-refractivity contribution in [1.82, 2.24) is 29.8 Å². The van der Waals surface area contributed by atoms with Crippen molar-refractivity contribution in [3.63, 3.8) is 0 Å². The van der Waals surface area contributed by atoms with Gasteiger partial charge in [-0.05, 0) is 42.3 Å². The van der Waals surface area contributed by atoms with Gasteiger partial charge in [0.15, 0.2) is 5.82 Å². The molecule has 1 aromatic carbocycles. The van der Waals surface area contributed by atoms with Gasteiger partial charge in [0.05, 0.1) is 23.5 Å². The topological polar surface area (TPSA) is 78.5 Å². The van der Waals surface area contributed by atoms with E-state index >= 15 is 0 Å². The lowest BCUT2D eigenvalue weighted by Gasteiger charge is -2.10. The van der Waals surface area contributed by atoms with Crippen LogP contribution in [0.3, 0.4) is 0 Å². The Balaban J connectivity index is 1.83. The molecule has 0 unspecified atom stereocenters. The number of aryl methyl sites for hydroxylation is 1. The number of fused-ring (bicyclic) bond motifs is 1. The molecule has 0 atom stereocenters. The van der Waals surface area contributed by atoms with Crippen molar-refractivity contribution in [1.29, 1.82) is 0 Å². The standard InChI is InChI=1S/C14H14N6O/c1-9-15-12-5-3-2-4-11(12)14(21)19(9)8-13-16-17-18-20(13)10-6-7-10/h2-5,10H,6-8H2,1H3. The average molecular weight is 282 g/mol. The second-order valence-electron chi connectivity index (χ2n) is 5.34. The smallest absolute Gasteiger partial charge is 0.261 e. The van der Waals surface area contributed by atoms with E-state index in [1.165, 1.54) is 0 Å². The van der Waals surface area contributed by atoms with Gasteiger partial charge in [0, 0.05) is 0 Å². The second-order valence-corrected chi connectivity index (χ2v) is 5.34. The average Bonchev–Trinajstić information content (AvgIpc) is 3.23. The van der Waals surface area contributed by atoms with Crippen LogP contribution in [-0.2, 0) is 6.54 Å². The van der Waals surface area contributed by atoms with Crippen molar-refractivity contribution < 1.29 is 0 Å². The first-order chi connectivity index (χ1) is 10.2. The van der Waals surface area contributed by atoms with E-state index in [1.54, 1.807) is 10.6 Å². The summed E-state index contributed by atoms with van der Waals surface area (Å²) in [7, 11) is 0. The Bertz CT molecular complexity index is 877. The number of tetrazole rings is 1. The van der Waals surface area contributed by atoms with Crippen molar-refractivity contribution in [3.05, 3.63) is 46.3 Å². The normalized spacial score (nSPS) is 14.7. The van der Waals surface area contributed by atoms with E-state index in [2.05, 4.69) is 20.5 Å². The molecule has 0 saturated heterocycles. The summed E-state index contributed by atoms with van der Waals surface area (Å²) in [6.07, 6.45) is 2.20. The molecular weight excluding hydrogens is 268 g/mol. The minimum Gasteiger partial charge on any atom is -0.289 e. The summed E-state index contributed by atoms with van der Waals surface area (Å²) < 4.78 is 3.45. The molecule has 21 heavy (non-hydrogen) atoms. The lowest BCUT2D eigenvalue weighted by atomic mass is 10.2. The fraction of sp³-hybridized carbons (Fsp3) is 0.357. The first kappa shape index (κ1) is 12.2. The van der Waals surface area contributed by atoms with E-state index in [1.807, 2.05) is 29.8 Å². The van der Waals surface area contributed by atoms with Gasteiger partial charge >= 0.3 is 0 Å². The molecule has 2 aromatic heterocycles. The van der Waals surface area contributed by atoms with Gasteiger partial charge in [0.25, 0.3) is 5.56 Å². The highest BCUT2D eigenvalue weighted by Crippen LogP contribution is 2.34. The lowest BCUT2D eigenvalue weighted by molar-refractivity contribution is 0.557. The third-order valence-corrected chi connectivity index (χ3v) is 3.81. The third-order valence-electron chi connectivity index (χ3n) is 3.81. The summed E-state index contributed by atoms with van der Waals surface area (Å²) in [6.45, 7) is 2.19. The van der Waals surface area contributed by atoms with Crippen LogP contribution in [0.2, 0.25) is 0 Å². The molecule has 0 amide bonds. The van der Waals surface area contributed by atoms with E-state index in [4.69, 9.17) is 0 Å². The van der Waals surface area contributed by atoms with Crippen molar-refractivity contribution in [3.8, 4) is 0 Å². The number of hydrogen-bond donors (Lipinski definition) is 0. The summed E-state index contributed by atoms with van der Waals surface area (Å²) in [4.78, 5) is 17.1. The maximum Gasteiger partial charge on any atom is 0.261 e. The van der Waals surface area contributed by atoms with Gasteiger partial charge in [-0.1, -0.05) is 12.1 Å². The van der Waals surface area contributed by atoms with Crippen LogP contribution >= 0.6 is 0 Å². The van der Waals surface area contributed by atoms with Gasteiger partial charge < -0.3 is 0 Å². The summed E-state index contributed by atoms with van der Waals surface area (Å²) in [5.41, 5.74) is 0.668. The largest absolute Gasteiger partial charge is 0.289 e. The molecule has 0 aliphatic heterocycles. The quantitative estimate of drug-likeness (QED) is 0.718. The number of hydrogen-bond acceptors (Lipinski definition) is 5. The SMILES string of the molecule is Cc1nc2ccccc2c(=O)n1Cc1nnnn1C1CC1. The first-order valence-corrected chi connectivity index (χ1v) is 6.97. The Kier molecular flexibility index (Phi) is 2.60. The summed E-state index contributed by atoms with van der Waals surface area (Å²) >= 11 is 0. The molecule has 1 saturated carbocycles. The molecule has 0 spiro atoms. The zero-order valence-electron chi connectivity index (χ0n) is 11.6. The van der Waals surface area contributed by atoms with Crippen molar-refractivity contribution in [2.45, 2.75) is 32.4 Å². The molecule has 7 nitrogen and oxygen atoms in total. The van der Waals surface area contributed by atoms with Crippen molar-refractivity contribution in [2.75, 3.05) is 0 Å². The first-order valence-electron chi connectivity index (χ1n) is 6.97. The molecule has 4 rings (SSSR count). The molecule has 106 valence electrons. The Morgan fingerprint density at radius 1 is 1.29 bits per heavy atom. The zero-order chi connectivity index (χ0) is 14.4. The fourth-order valence-corrected chi connectivity index (χ4v) is 2.53. The Morgan fingerprint density at radius 3 is 2.90 bits per heavy atom. The van der Waals surface area contributed by atoms with Crippen LogP contribution in [0.4, 0.5) is 0 Å². The molecule has 1 aliphatic rings. The predicted octanol–water partition coefficient (Wildman–Crippen LogP) is 1.07. The van der Waals surface area contributed by atoms with Crippen LogP contribution < -0.4 is 5.56 Å². The number of rotatable bonds is 3. The number of nitrogens with zero attached hydrogens (tertiary/aromatic N) is 6. The Hall–Kier alpha value is -2.57. The van der Waals surface area contributed by atoms with E-state index in [0.717, 1.165) is 18.4 Å². The van der Waals surface area contributed by atoms with Crippen LogP contribution in [0.25, 0.3) is 10.9 Å². The number of para-hydroxylation sites is 1. The van der Waals surface area contributed by atoms with Gasteiger partial charge in [-0.25, -0.2) is 9.67 Å². The maximum absolute atomic E-state index is 12.6. The van der Waals surface area contributed by atoms with Crippen LogP contribution in [0, 0.1) is 6.92 Å². The molecular formula is C14H14N6O. The Morgan fingerprint density at radius 2 is 2.10 bits per heavy atom. The van der Waals surface area contributed by atoms with Crippen LogP contribution in [-0.4, -0.2) is 29.8 Å². The van der Waals surface area contributed by atoms with Crippen LogP contribution in [0.5, 0.6) is 0 Å². The minimum absolute atomic E-state index is 0.0524. The van der Waals surface area contributed by atoms with Gasteiger partial charge in [0.1, 0.15) is 5.82 Å². The predicted molar refractivity (Wildman–Crippen MR) is 75.9 cm³/mol. The van der Waals surface area contributed by atoms with E-state index < -0.39 is 0 Å². The highest BCUT2D eigenvalue weighted by atomic mass is 16.1. The summed E-state index contributed by atoms with van der Waals surface area (Å²) in [6, 6.07) is 7.76. The molecule has 1 aliphatic carbocycles. The Labute approximate surface area is 120 Å². The highest BCUT2D eigenvalue weighted by molar-refractivity contribution is 5.77. The molecule has 1 fully saturated rings. The van der Waals surface area contributed by atoms with Crippen LogP contribution in [0.1, 0.15) is 30.5 Å². The minimum atomic E-state index is -0.0524. The highest BCUT2D eigenvalue weighted by Gasteiger charge is 2.28. The van der Waals surface area contributed by atoms with Gasteiger partial charge in [-0.15, -0.1) is 5.10 Å². The molecule has 0 bridgehead atoms. The molecule has 3 aromatic rings. The van der Waals surface area contributed by atoms with E-state index in [9.17, 15) is 4.79 Å². The fourth-order valence-electron chi connectivity index (χ4n) is 2.53. The summed E-state index contributed by atoms with van der Waals surface area (Å²) in [5, 5.41) is 12.4. The monoisotopic (exact) mass is 282 g/mol. The van der Waals surface area contributed by atoms with Crippen molar-refractivity contribution >= 4 is 10.9 Å². The molecule has 0 N–H and O–H groups in total. The second kappa shape index (κ2) is 4.47. The van der Waals surface area contributed by atoms with Gasteiger partial charge in [-0.3, -0.25) is 9.36 Å². The molecule has 0 radical (unpaired) electrons. The van der Waals surface area contributed by atoms with Gasteiger partial charge in [0.2, 0.25) is 0 Å². The molecule has 2 heterocycles. The van der Waals surface area contributed by atoms with Crippen LogP contribution in [0.15, 0.2) is 29.1 Å². The number of aromatic nitrogens is 6. The van der Waals surface area contributed by atoms with Crippen molar-refractivity contribution in [2.24, 2.45) is 0 Å². The van der Waals surface area contributed by atoms with E-state index in [-0.39, 0.29) is 5.56 Å². The van der Waals surface area contributed by atoms with Gasteiger partial charge in [-0.2, -0.15) is 0 Å². The third kappa shape index (κ3) is 2.01. The maximum atomic E-state index is 12.6.